The first-order valence-electron chi connectivity index (χ1n) is 15.6. The van der Waals surface area contributed by atoms with E-state index in [0.29, 0.717) is 17.6 Å². The number of fused-ring (bicyclic) bond motifs is 3. The lowest BCUT2D eigenvalue weighted by atomic mass is 9.96. The highest BCUT2D eigenvalue weighted by Crippen LogP contribution is 2.58. The van der Waals surface area contributed by atoms with Crippen LogP contribution in [0.25, 0.3) is 55.4 Å². The van der Waals surface area contributed by atoms with E-state index < -0.39 is 0 Å². The molecule has 0 spiro atoms. The molecule has 0 amide bonds. The van der Waals surface area contributed by atoms with E-state index in [-0.39, 0.29) is 0 Å². The average Bonchev–Trinajstić information content (AvgIpc) is 3.19. The van der Waals surface area contributed by atoms with Crippen LogP contribution in [0.4, 0.5) is 28.7 Å². The van der Waals surface area contributed by atoms with Gasteiger partial charge in [-0.25, -0.2) is 4.98 Å². The highest BCUT2D eigenvalue weighted by molar-refractivity contribution is 8.00. The van der Waals surface area contributed by atoms with E-state index in [0.717, 1.165) is 49.5 Å². The summed E-state index contributed by atoms with van der Waals surface area (Å²) in [6.45, 7) is 0. The van der Waals surface area contributed by atoms with Crippen molar-refractivity contribution < 1.29 is 0 Å². The van der Waals surface area contributed by atoms with Gasteiger partial charge in [-0.3, -0.25) is 4.90 Å². The second kappa shape index (κ2) is 10.3. The summed E-state index contributed by atoms with van der Waals surface area (Å²) in [5, 5.41) is 8.47. The molecule has 1 aromatic heterocycles. The highest BCUT2D eigenvalue weighted by Gasteiger charge is 2.32. The van der Waals surface area contributed by atoms with E-state index in [4.69, 9.17) is 15.0 Å². The highest BCUT2D eigenvalue weighted by atomic mass is 32.2. The molecule has 0 fully saturated rings. The minimum Gasteiger partial charge on any atom is -0.354 e. The van der Waals surface area contributed by atoms with Crippen LogP contribution in [-0.4, -0.2) is 15.0 Å². The summed E-state index contributed by atoms with van der Waals surface area (Å²) in [6.07, 6.45) is 0. The number of nitrogens with one attached hydrogen (secondary N) is 1. The van der Waals surface area contributed by atoms with Gasteiger partial charge in [-0.05, 0) is 46.0 Å². The van der Waals surface area contributed by atoms with E-state index in [1.807, 2.05) is 30.0 Å². The molecule has 2 bridgehead atoms. The Morgan fingerprint density at radius 2 is 1.15 bits per heavy atom. The van der Waals surface area contributed by atoms with Crippen molar-refractivity contribution in [1.82, 2.24) is 15.0 Å². The van der Waals surface area contributed by atoms with E-state index in [2.05, 4.69) is 138 Å². The van der Waals surface area contributed by atoms with E-state index in [1.54, 1.807) is 0 Å². The molecule has 8 aromatic rings. The Hall–Kier alpha value is -5.98. The number of aromatic nitrogens is 3. The van der Waals surface area contributed by atoms with Crippen LogP contribution in [0.3, 0.4) is 0 Å². The van der Waals surface area contributed by atoms with Crippen molar-refractivity contribution in [2.75, 3.05) is 10.2 Å². The number of rotatable bonds is 3. The van der Waals surface area contributed by atoms with Crippen molar-refractivity contribution in [2.24, 2.45) is 0 Å². The molecule has 10 rings (SSSR count). The Bertz CT molecular complexity index is 2540. The van der Waals surface area contributed by atoms with Crippen molar-refractivity contribution in [3.63, 3.8) is 0 Å². The molecule has 2 aliphatic heterocycles. The molecule has 220 valence electrons. The SMILES string of the molecule is c1ccc(-c2nc(-c3cccc4ccccc34)nc(N3c4cccc5c4Sc4c3ccc3cccc(c43)-c3ccccc3N5)n2)cc1. The normalized spacial score (nSPS) is 12.7. The summed E-state index contributed by atoms with van der Waals surface area (Å²) >= 11 is 1.81. The molecule has 0 saturated carbocycles. The zero-order chi connectivity index (χ0) is 30.9. The van der Waals surface area contributed by atoms with E-state index >= 15 is 0 Å². The van der Waals surface area contributed by atoms with Crippen LogP contribution in [0.1, 0.15) is 0 Å². The Morgan fingerprint density at radius 1 is 0.468 bits per heavy atom. The Balaban J connectivity index is 1.30. The Morgan fingerprint density at radius 3 is 2.09 bits per heavy atom. The Labute approximate surface area is 275 Å². The zero-order valence-corrected chi connectivity index (χ0v) is 25.9. The van der Waals surface area contributed by atoms with Crippen molar-refractivity contribution in [3.05, 3.63) is 146 Å². The molecule has 3 heterocycles. The van der Waals surface area contributed by atoms with Crippen LogP contribution in [0.5, 0.6) is 0 Å². The van der Waals surface area contributed by atoms with Gasteiger partial charge < -0.3 is 5.32 Å². The molecule has 6 heteroatoms. The fraction of sp³-hybridized carbons (Fsp3) is 0. The lowest BCUT2D eigenvalue weighted by molar-refractivity contribution is 1.01. The van der Waals surface area contributed by atoms with Gasteiger partial charge in [-0.1, -0.05) is 133 Å². The molecular formula is C41H25N5S. The lowest BCUT2D eigenvalue weighted by Crippen LogP contribution is -2.19. The summed E-state index contributed by atoms with van der Waals surface area (Å²) in [4.78, 5) is 20.1. The quantitative estimate of drug-likeness (QED) is 0.212. The molecular weight excluding hydrogens is 595 g/mol. The summed E-state index contributed by atoms with van der Waals surface area (Å²) in [7, 11) is 0. The lowest BCUT2D eigenvalue weighted by Gasteiger charge is -2.33. The van der Waals surface area contributed by atoms with E-state index in [1.165, 1.54) is 26.8 Å². The van der Waals surface area contributed by atoms with Gasteiger partial charge in [0.05, 0.1) is 22.0 Å². The molecule has 0 atom stereocenters. The van der Waals surface area contributed by atoms with Crippen molar-refractivity contribution in [3.8, 4) is 33.9 Å². The predicted octanol–water partition coefficient (Wildman–Crippen LogP) is 11.2. The minimum atomic E-state index is 0.579. The third kappa shape index (κ3) is 4.08. The molecule has 5 nitrogen and oxygen atoms in total. The molecule has 47 heavy (non-hydrogen) atoms. The molecule has 0 unspecified atom stereocenters. The summed E-state index contributed by atoms with van der Waals surface area (Å²) in [6, 6.07) is 50.9. The fourth-order valence-corrected chi connectivity index (χ4v) is 8.18. The first kappa shape index (κ1) is 26.3. The fourth-order valence-electron chi connectivity index (χ4n) is 6.89. The first-order chi connectivity index (χ1) is 23.3. The topological polar surface area (TPSA) is 53.9 Å². The van der Waals surface area contributed by atoms with Crippen molar-refractivity contribution in [2.45, 2.75) is 9.79 Å². The number of hydrogen-bond acceptors (Lipinski definition) is 6. The third-order valence-electron chi connectivity index (χ3n) is 9.03. The maximum Gasteiger partial charge on any atom is 0.238 e. The molecule has 0 aliphatic carbocycles. The Kier molecular flexibility index (Phi) is 5.74. The summed E-state index contributed by atoms with van der Waals surface area (Å²) in [5.41, 5.74) is 8.49. The number of benzene rings is 7. The van der Waals surface area contributed by atoms with Crippen LogP contribution < -0.4 is 10.2 Å². The van der Waals surface area contributed by atoms with Crippen molar-refractivity contribution >= 4 is 62.0 Å². The third-order valence-corrected chi connectivity index (χ3v) is 10.3. The molecule has 2 aliphatic rings. The maximum absolute atomic E-state index is 5.29. The second-order valence-corrected chi connectivity index (χ2v) is 12.8. The molecule has 7 aromatic carbocycles. The average molecular weight is 620 g/mol. The van der Waals surface area contributed by atoms with Gasteiger partial charge in [0, 0.05) is 32.7 Å². The number of para-hydroxylation sites is 1. The van der Waals surface area contributed by atoms with E-state index in [9.17, 15) is 0 Å². The van der Waals surface area contributed by atoms with Gasteiger partial charge in [0.25, 0.3) is 0 Å². The first-order valence-corrected chi connectivity index (χ1v) is 16.4. The van der Waals surface area contributed by atoms with Gasteiger partial charge in [0.1, 0.15) is 0 Å². The smallest absolute Gasteiger partial charge is 0.238 e. The molecule has 0 saturated heterocycles. The standard InChI is InChI=1S/C41H25N5S/c1-2-12-27(13-3-1)39-43-40(31-19-8-14-25-11-4-5-16-28(25)31)45-41(44-39)46-34-22-10-21-33-37(34)47-38-35(46)24-23-26-15-9-18-30(36(26)38)29-17-6-7-20-32(29)42-33/h1-24,42H. The number of hydrogen-bond donors (Lipinski definition) is 1. The van der Waals surface area contributed by atoms with Crippen molar-refractivity contribution in [1.29, 1.82) is 0 Å². The molecule has 1 N–H and O–H groups in total. The molecule has 0 radical (unpaired) electrons. The number of nitrogens with zero attached hydrogens (tertiary/aromatic N) is 4. The van der Waals surface area contributed by atoms with Crippen LogP contribution in [0, 0.1) is 0 Å². The van der Waals surface area contributed by atoms with Gasteiger partial charge in [0.15, 0.2) is 11.6 Å². The largest absolute Gasteiger partial charge is 0.354 e. The second-order valence-electron chi connectivity index (χ2n) is 11.8. The van der Waals surface area contributed by atoms with Crippen LogP contribution in [-0.2, 0) is 0 Å². The van der Waals surface area contributed by atoms with Crippen LogP contribution in [0.15, 0.2) is 155 Å². The minimum absolute atomic E-state index is 0.579. The van der Waals surface area contributed by atoms with Crippen LogP contribution >= 0.6 is 11.8 Å². The maximum atomic E-state index is 5.29. The summed E-state index contributed by atoms with van der Waals surface area (Å²) in [5.74, 6) is 1.85. The summed E-state index contributed by atoms with van der Waals surface area (Å²) < 4.78 is 0. The van der Waals surface area contributed by atoms with Gasteiger partial charge in [-0.2, -0.15) is 9.97 Å². The van der Waals surface area contributed by atoms with Gasteiger partial charge in [0.2, 0.25) is 5.95 Å². The zero-order valence-electron chi connectivity index (χ0n) is 25.1. The van der Waals surface area contributed by atoms with Crippen LogP contribution in [0.2, 0.25) is 0 Å². The van der Waals surface area contributed by atoms with Gasteiger partial charge >= 0.3 is 0 Å². The number of anilines is 5. The predicted molar refractivity (Wildman–Crippen MR) is 193 cm³/mol. The van der Waals surface area contributed by atoms with Gasteiger partial charge in [-0.15, -0.1) is 0 Å². The monoisotopic (exact) mass is 619 g/mol.